The standard InChI is InChI=1S/C19H18N6OS/c1-24-16-14(17-18(24)23-15(27-17)9-13(21)7-8-20)10-22-25(19(16)26)11-12-5-3-2-4-6-12/h2-8,10,21H,9,11,20H2,1H3/b8-7-,21-13?. The highest BCUT2D eigenvalue weighted by Crippen LogP contribution is 2.31. The van der Waals surface area contributed by atoms with Gasteiger partial charge in [-0.15, -0.1) is 11.3 Å². The van der Waals surface area contributed by atoms with E-state index < -0.39 is 0 Å². The Labute approximate surface area is 158 Å². The lowest BCUT2D eigenvalue weighted by Gasteiger charge is -2.05. The monoisotopic (exact) mass is 378 g/mol. The van der Waals surface area contributed by atoms with Gasteiger partial charge in [0.1, 0.15) is 10.5 Å². The molecule has 0 amide bonds. The van der Waals surface area contributed by atoms with Gasteiger partial charge >= 0.3 is 0 Å². The van der Waals surface area contributed by atoms with E-state index >= 15 is 0 Å². The van der Waals surface area contributed by atoms with Crippen molar-refractivity contribution in [2.24, 2.45) is 12.8 Å². The quantitative estimate of drug-likeness (QED) is 0.521. The van der Waals surface area contributed by atoms with E-state index in [1.54, 1.807) is 12.3 Å². The molecule has 0 unspecified atom stereocenters. The zero-order chi connectivity index (χ0) is 19.0. The summed E-state index contributed by atoms with van der Waals surface area (Å²) in [5.74, 6) is 0. The summed E-state index contributed by atoms with van der Waals surface area (Å²) in [6, 6.07) is 9.78. The molecule has 4 aromatic rings. The van der Waals surface area contributed by atoms with Gasteiger partial charge < -0.3 is 15.7 Å². The number of nitrogens with one attached hydrogen (secondary N) is 1. The number of nitrogens with zero attached hydrogens (tertiary/aromatic N) is 4. The second-order valence-electron chi connectivity index (χ2n) is 6.24. The Morgan fingerprint density at radius 2 is 2.11 bits per heavy atom. The van der Waals surface area contributed by atoms with Crippen molar-refractivity contribution < 1.29 is 0 Å². The van der Waals surface area contributed by atoms with Crippen LogP contribution in [0.2, 0.25) is 0 Å². The summed E-state index contributed by atoms with van der Waals surface area (Å²) >= 11 is 1.48. The largest absolute Gasteiger partial charge is 0.405 e. The molecule has 0 fully saturated rings. The van der Waals surface area contributed by atoms with E-state index in [0.29, 0.717) is 24.2 Å². The number of benzene rings is 1. The van der Waals surface area contributed by atoms with Gasteiger partial charge in [-0.05, 0) is 17.8 Å². The van der Waals surface area contributed by atoms with Crippen LogP contribution in [0.3, 0.4) is 0 Å². The third-order valence-corrected chi connectivity index (χ3v) is 5.46. The minimum absolute atomic E-state index is 0.135. The number of aromatic nitrogens is 4. The third kappa shape index (κ3) is 3.04. The second-order valence-corrected chi connectivity index (χ2v) is 7.32. The van der Waals surface area contributed by atoms with Gasteiger partial charge in [0.05, 0.1) is 17.4 Å². The molecule has 1 aromatic carbocycles. The predicted octanol–water partition coefficient (Wildman–Crippen LogP) is 2.43. The Morgan fingerprint density at radius 1 is 1.33 bits per heavy atom. The van der Waals surface area contributed by atoms with Gasteiger partial charge in [0.15, 0.2) is 5.65 Å². The van der Waals surface area contributed by atoms with Crippen LogP contribution in [0.4, 0.5) is 0 Å². The van der Waals surface area contributed by atoms with Crippen LogP contribution in [-0.2, 0) is 20.0 Å². The molecular weight excluding hydrogens is 360 g/mol. The van der Waals surface area contributed by atoms with Gasteiger partial charge in [0.2, 0.25) is 0 Å². The number of hydrogen-bond acceptors (Lipinski definition) is 6. The normalized spacial score (nSPS) is 11.7. The van der Waals surface area contributed by atoms with E-state index in [0.717, 1.165) is 26.3 Å². The molecule has 8 heteroatoms. The highest BCUT2D eigenvalue weighted by molar-refractivity contribution is 7.19. The van der Waals surface area contributed by atoms with E-state index in [4.69, 9.17) is 11.1 Å². The molecule has 0 atom stereocenters. The second kappa shape index (κ2) is 6.81. The summed E-state index contributed by atoms with van der Waals surface area (Å²) in [6.45, 7) is 0.426. The molecular formula is C19H18N6OS. The molecule has 0 aliphatic heterocycles. The smallest absolute Gasteiger partial charge is 0.291 e. The fourth-order valence-corrected chi connectivity index (χ4v) is 4.24. The first-order valence-electron chi connectivity index (χ1n) is 8.42. The minimum Gasteiger partial charge on any atom is -0.405 e. The van der Waals surface area contributed by atoms with Gasteiger partial charge in [0.25, 0.3) is 5.56 Å². The Bertz CT molecular complexity index is 1230. The zero-order valence-electron chi connectivity index (χ0n) is 14.7. The Balaban J connectivity index is 1.78. The van der Waals surface area contributed by atoms with Crippen molar-refractivity contribution in [2.75, 3.05) is 0 Å². The molecule has 3 aromatic heterocycles. The highest BCUT2D eigenvalue weighted by Gasteiger charge is 2.18. The molecule has 0 aliphatic carbocycles. The average molecular weight is 378 g/mol. The molecule has 27 heavy (non-hydrogen) atoms. The van der Waals surface area contributed by atoms with Crippen molar-refractivity contribution in [2.45, 2.75) is 13.0 Å². The van der Waals surface area contributed by atoms with Gasteiger partial charge in [-0.3, -0.25) is 4.79 Å². The van der Waals surface area contributed by atoms with Crippen LogP contribution in [0.5, 0.6) is 0 Å². The summed E-state index contributed by atoms with van der Waals surface area (Å²) in [4.78, 5) is 17.6. The maximum Gasteiger partial charge on any atom is 0.291 e. The number of thiazole rings is 1. The van der Waals surface area contributed by atoms with E-state index in [1.807, 2.05) is 41.9 Å². The topological polar surface area (TPSA) is 103 Å². The summed E-state index contributed by atoms with van der Waals surface area (Å²) in [5.41, 5.74) is 7.95. The van der Waals surface area contributed by atoms with Crippen molar-refractivity contribution in [3.8, 4) is 0 Å². The van der Waals surface area contributed by atoms with Gasteiger partial charge in [-0.25, -0.2) is 9.67 Å². The Morgan fingerprint density at radius 3 is 2.85 bits per heavy atom. The van der Waals surface area contributed by atoms with Crippen LogP contribution in [0, 0.1) is 5.41 Å². The number of fused-ring (bicyclic) bond motifs is 3. The first kappa shape index (κ1) is 17.2. The maximum atomic E-state index is 13.0. The molecule has 136 valence electrons. The lowest BCUT2D eigenvalue weighted by molar-refractivity contribution is 0.644. The maximum absolute atomic E-state index is 13.0. The van der Waals surface area contributed by atoms with Gasteiger partial charge in [-0.2, -0.15) is 5.10 Å². The highest BCUT2D eigenvalue weighted by atomic mass is 32.1. The van der Waals surface area contributed by atoms with E-state index in [-0.39, 0.29) is 5.56 Å². The van der Waals surface area contributed by atoms with E-state index in [1.165, 1.54) is 22.2 Å². The molecule has 7 nitrogen and oxygen atoms in total. The number of aryl methyl sites for hydroxylation is 1. The molecule has 0 radical (unpaired) electrons. The first-order valence-corrected chi connectivity index (χ1v) is 9.23. The van der Waals surface area contributed by atoms with Crippen molar-refractivity contribution in [1.82, 2.24) is 19.3 Å². The number of hydrogen-bond donors (Lipinski definition) is 2. The van der Waals surface area contributed by atoms with Crippen molar-refractivity contribution in [3.63, 3.8) is 0 Å². The number of allylic oxidation sites excluding steroid dienone is 1. The Kier molecular flexibility index (Phi) is 4.33. The lowest BCUT2D eigenvalue weighted by Crippen LogP contribution is -2.24. The average Bonchev–Trinajstić information content (AvgIpc) is 3.17. The van der Waals surface area contributed by atoms with Crippen molar-refractivity contribution in [3.05, 3.63) is 69.7 Å². The van der Waals surface area contributed by atoms with Crippen molar-refractivity contribution >= 4 is 38.3 Å². The third-order valence-electron chi connectivity index (χ3n) is 4.38. The molecule has 3 N–H and O–H groups in total. The summed E-state index contributed by atoms with van der Waals surface area (Å²) in [7, 11) is 1.84. The SMILES string of the molecule is Cn1c2nc(CC(=N)/C=C\N)sc2c2cnn(Cc3ccccc3)c(=O)c21. The number of nitrogens with two attached hydrogens (primary N) is 1. The lowest BCUT2D eigenvalue weighted by atomic mass is 10.2. The van der Waals surface area contributed by atoms with Crippen LogP contribution in [0.1, 0.15) is 10.6 Å². The first-order chi connectivity index (χ1) is 13.1. The molecule has 0 saturated heterocycles. The van der Waals surface area contributed by atoms with Crippen LogP contribution in [0.25, 0.3) is 21.3 Å². The summed E-state index contributed by atoms with van der Waals surface area (Å²) in [6.07, 6.45) is 5.04. The summed E-state index contributed by atoms with van der Waals surface area (Å²) in [5, 5.41) is 13.8. The van der Waals surface area contributed by atoms with Crippen LogP contribution < -0.4 is 11.3 Å². The molecule has 0 saturated carbocycles. The molecule has 3 heterocycles. The van der Waals surface area contributed by atoms with Crippen LogP contribution in [-0.4, -0.2) is 25.0 Å². The molecule has 0 spiro atoms. The van der Waals surface area contributed by atoms with Gasteiger partial charge in [-0.1, -0.05) is 30.3 Å². The fraction of sp³-hybridized carbons (Fsp3) is 0.158. The number of rotatable bonds is 5. The zero-order valence-corrected chi connectivity index (χ0v) is 15.5. The summed E-state index contributed by atoms with van der Waals surface area (Å²) < 4.78 is 4.21. The Hall–Kier alpha value is -3.26. The molecule has 0 bridgehead atoms. The minimum atomic E-state index is -0.135. The predicted molar refractivity (Wildman–Crippen MR) is 108 cm³/mol. The molecule has 4 rings (SSSR count). The van der Waals surface area contributed by atoms with Crippen molar-refractivity contribution in [1.29, 1.82) is 5.41 Å². The van der Waals surface area contributed by atoms with Crippen LogP contribution >= 0.6 is 11.3 Å². The van der Waals surface area contributed by atoms with Crippen LogP contribution in [0.15, 0.2) is 53.6 Å². The van der Waals surface area contributed by atoms with E-state index in [2.05, 4.69) is 10.1 Å². The molecule has 0 aliphatic rings. The van der Waals surface area contributed by atoms with Gasteiger partial charge in [0, 0.05) is 24.6 Å². The fourth-order valence-electron chi connectivity index (χ4n) is 3.12. The van der Waals surface area contributed by atoms with E-state index in [9.17, 15) is 4.79 Å².